The lowest BCUT2D eigenvalue weighted by atomic mass is 9.68. The van der Waals surface area contributed by atoms with E-state index < -0.39 is 17.0 Å². The van der Waals surface area contributed by atoms with Crippen LogP contribution in [0.4, 0.5) is 5.69 Å². The normalized spacial score (nSPS) is 25.9. The SMILES string of the molecule is C=C[C@H](N[S@](=O)C(C)(C)C)[C@@H]1CC[C@H]1CN1C[C@@]2(CCCc3cc(Cl)ccc32)COc2ccc(C(=O)O)cc21. The van der Waals surface area contributed by atoms with Gasteiger partial charge in [0, 0.05) is 29.6 Å². The second-order valence-corrected chi connectivity index (χ2v) is 14.8. The predicted molar refractivity (Wildman–Crippen MR) is 158 cm³/mol. The molecule has 3 aliphatic rings. The van der Waals surface area contributed by atoms with E-state index in [4.69, 9.17) is 16.3 Å². The van der Waals surface area contributed by atoms with Crippen molar-refractivity contribution in [3.63, 3.8) is 0 Å². The highest BCUT2D eigenvalue weighted by molar-refractivity contribution is 7.84. The topological polar surface area (TPSA) is 78.9 Å². The molecule has 0 saturated heterocycles. The summed E-state index contributed by atoms with van der Waals surface area (Å²) in [7, 11) is -1.19. The molecule has 0 radical (unpaired) electrons. The summed E-state index contributed by atoms with van der Waals surface area (Å²) in [5.41, 5.74) is 3.43. The Morgan fingerprint density at radius 1 is 1.31 bits per heavy atom. The molecular formula is C31H39ClN2O4S. The number of nitrogens with one attached hydrogen (secondary N) is 1. The molecule has 0 aromatic heterocycles. The second kappa shape index (κ2) is 10.9. The molecule has 1 aliphatic heterocycles. The summed E-state index contributed by atoms with van der Waals surface area (Å²) >= 11 is 6.37. The third-order valence-electron chi connectivity index (χ3n) is 8.73. The zero-order valence-electron chi connectivity index (χ0n) is 23.0. The molecule has 2 aromatic carbocycles. The number of hydrogen-bond donors (Lipinski definition) is 2. The van der Waals surface area contributed by atoms with Gasteiger partial charge in [0.2, 0.25) is 0 Å². The molecule has 1 spiro atoms. The fraction of sp³-hybridized carbons (Fsp3) is 0.516. The van der Waals surface area contributed by atoms with Gasteiger partial charge in [-0.05, 0) is 106 Å². The van der Waals surface area contributed by atoms with E-state index in [0.29, 0.717) is 18.4 Å². The van der Waals surface area contributed by atoms with Gasteiger partial charge in [-0.3, -0.25) is 0 Å². The lowest BCUT2D eigenvalue weighted by Gasteiger charge is -2.46. The number of ether oxygens (including phenoxy) is 1. The smallest absolute Gasteiger partial charge is 0.335 e. The summed E-state index contributed by atoms with van der Waals surface area (Å²) in [6, 6.07) is 11.3. The Kier molecular flexibility index (Phi) is 7.88. The van der Waals surface area contributed by atoms with Crippen molar-refractivity contribution >= 4 is 34.2 Å². The molecule has 0 amide bonds. The van der Waals surface area contributed by atoms with E-state index in [1.54, 1.807) is 18.2 Å². The minimum Gasteiger partial charge on any atom is -0.490 e. The molecule has 8 heteroatoms. The van der Waals surface area contributed by atoms with Gasteiger partial charge in [-0.25, -0.2) is 13.7 Å². The number of nitrogens with zero attached hydrogens (tertiary/aromatic N) is 1. The summed E-state index contributed by atoms with van der Waals surface area (Å²) in [6.45, 7) is 12.0. The lowest BCUT2D eigenvalue weighted by molar-refractivity contribution is 0.0697. The number of carboxylic acid groups (broad SMARTS) is 1. The molecule has 2 aromatic rings. The molecule has 0 unspecified atom stereocenters. The molecular weight excluding hydrogens is 532 g/mol. The number of fused-ring (bicyclic) bond motifs is 3. The van der Waals surface area contributed by atoms with E-state index >= 15 is 0 Å². The Bertz CT molecular complexity index is 1290. The summed E-state index contributed by atoms with van der Waals surface area (Å²) in [5.74, 6) is 0.428. The van der Waals surface area contributed by atoms with Gasteiger partial charge in [-0.1, -0.05) is 23.7 Å². The fourth-order valence-electron chi connectivity index (χ4n) is 6.44. The maximum atomic E-state index is 12.9. The minimum atomic E-state index is -1.19. The Hall–Kier alpha value is -2.35. The van der Waals surface area contributed by atoms with Gasteiger partial charge >= 0.3 is 5.97 Å². The second-order valence-electron chi connectivity index (χ2n) is 12.4. The van der Waals surface area contributed by atoms with Crippen molar-refractivity contribution in [3.8, 4) is 5.75 Å². The largest absolute Gasteiger partial charge is 0.490 e. The van der Waals surface area contributed by atoms with Crippen molar-refractivity contribution < 1.29 is 18.8 Å². The van der Waals surface area contributed by atoms with E-state index in [2.05, 4.69) is 28.3 Å². The van der Waals surface area contributed by atoms with E-state index in [-0.39, 0.29) is 21.8 Å². The highest BCUT2D eigenvalue weighted by atomic mass is 35.5. The third kappa shape index (κ3) is 5.63. The molecule has 5 atom stereocenters. The number of aromatic carboxylic acids is 1. The van der Waals surface area contributed by atoms with Crippen LogP contribution >= 0.6 is 11.6 Å². The van der Waals surface area contributed by atoms with E-state index in [9.17, 15) is 14.1 Å². The average Bonchev–Trinajstić information content (AvgIpc) is 3.02. The Morgan fingerprint density at radius 2 is 2.10 bits per heavy atom. The van der Waals surface area contributed by atoms with Crippen LogP contribution < -0.4 is 14.4 Å². The Balaban J connectivity index is 1.48. The van der Waals surface area contributed by atoms with Crippen LogP contribution in [0.25, 0.3) is 0 Å². The quantitative estimate of drug-likeness (QED) is 0.391. The highest BCUT2D eigenvalue weighted by Gasteiger charge is 2.44. The molecule has 1 heterocycles. The van der Waals surface area contributed by atoms with Gasteiger partial charge in [0.15, 0.2) is 0 Å². The molecule has 5 rings (SSSR count). The van der Waals surface area contributed by atoms with Crippen LogP contribution in [0.1, 0.15) is 67.9 Å². The maximum absolute atomic E-state index is 12.9. The van der Waals surface area contributed by atoms with Gasteiger partial charge in [-0.2, -0.15) is 0 Å². The molecule has 39 heavy (non-hydrogen) atoms. The van der Waals surface area contributed by atoms with Crippen LogP contribution in [-0.4, -0.2) is 45.8 Å². The van der Waals surface area contributed by atoms with Gasteiger partial charge < -0.3 is 14.7 Å². The summed E-state index contributed by atoms with van der Waals surface area (Å²) < 4.78 is 22.3. The molecule has 1 fully saturated rings. The lowest BCUT2D eigenvalue weighted by Crippen LogP contribution is -2.52. The highest BCUT2D eigenvalue weighted by Crippen LogP contribution is 2.46. The van der Waals surface area contributed by atoms with Gasteiger partial charge in [0.05, 0.1) is 33.6 Å². The number of benzene rings is 2. The van der Waals surface area contributed by atoms with Crippen molar-refractivity contribution in [1.29, 1.82) is 0 Å². The van der Waals surface area contributed by atoms with Crippen molar-refractivity contribution in [2.75, 3.05) is 24.6 Å². The first-order chi connectivity index (χ1) is 18.5. The number of rotatable bonds is 7. The van der Waals surface area contributed by atoms with E-state index in [0.717, 1.165) is 61.7 Å². The van der Waals surface area contributed by atoms with E-state index in [1.807, 2.05) is 32.9 Å². The molecule has 2 aliphatic carbocycles. The van der Waals surface area contributed by atoms with Crippen LogP contribution in [0.5, 0.6) is 5.75 Å². The number of carbonyl (C=O) groups is 1. The van der Waals surface area contributed by atoms with Crippen LogP contribution in [-0.2, 0) is 22.8 Å². The number of carboxylic acids is 1. The Labute approximate surface area is 239 Å². The van der Waals surface area contributed by atoms with Crippen molar-refractivity contribution in [3.05, 3.63) is 70.8 Å². The van der Waals surface area contributed by atoms with Crippen molar-refractivity contribution in [2.24, 2.45) is 11.8 Å². The molecule has 2 N–H and O–H groups in total. The summed E-state index contributed by atoms with van der Waals surface area (Å²) in [6.07, 6.45) is 7.03. The zero-order valence-corrected chi connectivity index (χ0v) is 24.6. The van der Waals surface area contributed by atoms with Gasteiger partial charge in [-0.15, -0.1) is 6.58 Å². The summed E-state index contributed by atoms with van der Waals surface area (Å²) in [4.78, 5) is 14.3. The van der Waals surface area contributed by atoms with Crippen LogP contribution in [0.2, 0.25) is 5.02 Å². The first-order valence-corrected chi connectivity index (χ1v) is 15.4. The maximum Gasteiger partial charge on any atom is 0.335 e. The third-order valence-corrected chi connectivity index (χ3v) is 10.6. The number of hydrogen-bond acceptors (Lipinski definition) is 4. The average molecular weight is 571 g/mol. The first-order valence-electron chi connectivity index (χ1n) is 13.9. The predicted octanol–water partition coefficient (Wildman–Crippen LogP) is 6.14. The Morgan fingerprint density at radius 3 is 2.77 bits per heavy atom. The summed E-state index contributed by atoms with van der Waals surface area (Å²) in [5, 5.41) is 10.5. The van der Waals surface area contributed by atoms with Crippen molar-refractivity contribution in [2.45, 2.75) is 69.1 Å². The van der Waals surface area contributed by atoms with Gasteiger partial charge in [0.25, 0.3) is 0 Å². The number of halogens is 1. The molecule has 1 saturated carbocycles. The van der Waals surface area contributed by atoms with Crippen LogP contribution in [0.3, 0.4) is 0 Å². The standard InChI is InChI=1S/C31H39ClN2O4S/c1-5-26(33-39(37)30(2,3)4)24-11-8-22(24)17-34-18-31(14-6-7-20-15-23(32)10-12-25(20)31)19-38-28-13-9-21(29(35)36)16-27(28)34/h5,9-10,12-13,15-16,22,24,26,33H,1,6-8,11,14,17-19H2,2-4H3,(H,35,36)/t22-,24+,26-,31-,39+/m0/s1. The molecule has 0 bridgehead atoms. The zero-order chi connectivity index (χ0) is 27.9. The minimum absolute atomic E-state index is 0.0524. The van der Waals surface area contributed by atoms with E-state index in [1.165, 1.54) is 11.1 Å². The first kappa shape index (κ1) is 28.2. The molecule has 6 nitrogen and oxygen atoms in total. The van der Waals surface area contributed by atoms with Crippen LogP contribution in [0, 0.1) is 11.8 Å². The van der Waals surface area contributed by atoms with Gasteiger partial charge in [0.1, 0.15) is 5.75 Å². The monoisotopic (exact) mass is 570 g/mol. The number of aryl methyl sites for hydroxylation is 1. The molecule has 210 valence electrons. The van der Waals surface area contributed by atoms with Crippen molar-refractivity contribution in [1.82, 2.24) is 4.72 Å². The number of anilines is 1. The van der Waals surface area contributed by atoms with Crippen LogP contribution in [0.15, 0.2) is 49.1 Å². The fourth-order valence-corrected chi connectivity index (χ4v) is 7.50.